The number of rotatable bonds is 7. The maximum Gasteiger partial charge on any atom is 0.255 e. The van der Waals surface area contributed by atoms with E-state index in [0.717, 1.165) is 18.6 Å². The van der Waals surface area contributed by atoms with Gasteiger partial charge >= 0.3 is 0 Å². The van der Waals surface area contributed by atoms with E-state index in [4.69, 9.17) is 9.26 Å². The van der Waals surface area contributed by atoms with Crippen molar-refractivity contribution in [1.29, 1.82) is 0 Å². The van der Waals surface area contributed by atoms with Gasteiger partial charge in [-0.2, -0.15) is 0 Å². The summed E-state index contributed by atoms with van der Waals surface area (Å²) in [5, 5.41) is 6.93. The Labute approximate surface area is 197 Å². The normalized spacial score (nSPS) is 9.14. The van der Waals surface area contributed by atoms with E-state index in [1.54, 1.807) is 0 Å². The first-order valence-electron chi connectivity index (χ1n) is 8.49. The van der Waals surface area contributed by atoms with Crippen molar-refractivity contribution in [3.05, 3.63) is 47.5 Å². The predicted octanol–water partition coefficient (Wildman–Crippen LogP) is 6.82. The van der Waals surface area contributed by atoms with Crippen molar-refractivity contribution < 1.29 is 46.4 Å². The zero-order valence-corrected chi connectivity index (χ0v) is 18.7. The molecule has 0 amide bonds. The second-order valence-corrected chi connectivity index (χ2v) is 6.24. The molecule has 1 radical (unpaired) electrons. The number of ether oxygens (including phenoxy) is 1. The third-order valence-electron chi connectivity index (χ3n) is 3.28. The van der Waals surface area contributed by atoms with Gasteiger partial charge in [-0.05, 0) is 49.0 Å². The van der Waals surface area contributed by atoms with Gasteiger partial charge in [-0.3, -0.25) is 5.32 Å². The Balaban J connectivity index is -0.000000187. The molecule has 2 aromatic rings. The molecule has 0 atom stereocenters. The molecule has 0 aliphatic heterocycles. The van der Waals surface area contributed by atoms with E-state index in [2.05, 4.69) is 45.1 Å². The van der Waals surface area contributed by atoms with Crippen molar-refractivity contribution in [1.82, 2.24) is 10.5 Å². The van der Waals surface area contributed by atoms with Crippen LogP contribution in [0.1, 0.15) is 80.6 Å². The first kappa shape index (κ1) is 34.7. The zero-order chi connectivity index (χ0) is 17.9. The van der Waals surface area contributed by atoms with E-state index in [9.17, 15) is 4.39 Å². The number of aromatic nitrogens is 1. The Morgan fingerprint density at radius 2 is 1.64 bits per heavy atom. The average molecular weight is 473 g/mol. The van der Waals surface area contributed by atoms with Gasteiger partial charge in [-0.1, -0.05) is 55.2 Å². The Morgan fingerprint density at radius 1 is 1.07 bits per heavy atom. The van der Waals surface area contributed by atoms with Crippen LogP contribution in [0, 0.1) is 5.82 Å². The van der Waals surface area contributed by atoms with Crippen LogP contribution in [0.3, 0.4) is 0 Å². The minimum absolute atomic E-state index is 0. The molecule has 1 N–H and O–H groups in total. The van der Waals surface area contributed by atoms with Crippen molar-refractivity contribution in [2.45, 2.75) is 81.7 Å². The van der Waals surface area contributed by atoms with Gasteiger partial charge in [0.1, 0.15) is 18.3 Å². The van der Waals surface area contributed by atoms with Crippen molar-refractivity contribution in [2.24, 2.45) is 0 Å². The number of benzene rings is 1. The minimum Gasteiger partial charge on any atom is -0.460 e. The Hall–Kier alpha value is -0.776. The maximum absolute atomic E-state index is 12.4. The molecule has 0 unspecified atom stereocenters. The first-order chi connectivity index (χ1) is 11.4. The molecular weight excluding hydrogens is 432 g/mol. The van der Waals surface area contributed by atoms with Gasteiger partial charge in [-0.25, -0.2) is 4.39 Å². The molecule has 4 nitrogen and oxygen atoms in total. The van der Waals surface area contributed by atoms with E-state index in [-0.39, 0.29) is 60.8 Å². The van der Waals surface area contributed by atoms with Gasteiger partial charge in [0, 0.05) is 51.2 Å². The molecule has 1 aromatic carbocycles. The molecule has 28 heavy (non-hydrogen) atoms. The van der Waals surface area contributed by atoms with Crippen LogP contribution in [0.2, 0.25) is 0 Å². The molecule has 1 aromatic heterocycles. The van der Waals surface area contributed by atoms with E-state index in [1.807, 2.05) is 18.2 Å². The Morgan fingerprint density at radius 3 is 2.11 bits per heavy atom. The maximum atomic E-state index is 12.4. The number of hydrogen-bond donors (Lipinski definition) is 1. The average Bonchev–Trinajstić information content (AvgIpc) is 2.96. The van der Waals surface area contributed by atoms with E-state index < -0.39 is 0 Å². The standard InChI is InChI=1S/C10H18N2O2.C9H11F.3CH4.Y/c1-4-5-9-6-10(12-14-9)13-7-11-8(2)3;1-7(2)8-3-5-9(10)6-4-8;;;;/h6,8,11H,4-5,7H2,1-3H3;3-7H,1-2H3;3*1H4;. The van der Waals surface area contributed by atoms with Crippen LogP contribution >= 0.6 is 0 Å². The summed E-state index contributed by atoms with van der Waals surface area (Å²) >= 11 is 0. The van der Waals surface area contributed by atoms with Crippen molar-refractivity contribution >= 4 is 0 Å². The van der Waals surface area contributed by atoms with Gasteiger partial charge in [0.05, 0.1) is 0 Å². The Bertz CT molecular complexity index is 572. The molecule has 6 heteroatoms. The summed E-state index contributed by atoms with van der Waals surface area (Å²) in [5.41, 5.74) is 1.18. The summed E-state index contributed by atoms with van der Waals surface area (Å²) in [6.07, 6.45) is 1.97. The smallest absolute Gasteiger partial charge is 0.255 e. The third-order valence-corrected chi connectivity index (χ3v) is 3.28. The number of halogens is 1. The summed E-state index contributed by atoms with van der Waals surface area (Å²) in [7, 11) is 0. The molecule has 0 fully saturated rings. The van der Waals surface area contributed by atoms with Crippen LogP contribution in [0.25, 0.3) is 0 Å². The topological polar surface area (TPSA) is 47.3 Å². The van der Waals surface area contributed by atoms with Crippen LogP contribution in [-0.2, 0) is 39.1 Å². The van der Waals surface area contributed by atoms with Crippen molar-refractivity contribution in [3.63, 3.8) is 0 Å². The van der Waals surface area contributed by atoms with Crippen molar-refractivity contribution in [2.75, 3.05) is 6.73 Å². The van der Waals surface area contributed by atoms with E-state index >= 15 is 0 Å². The molecule has 0 saturated carbocycles. The van der Waals surface area contributed by atoms with Crippen LogP contribution in [0.4, 0.5) is 4.39 Å². The second kappa shape index (κ2) is 19.5. The number of nitrogens with one attached hydrogen (secondary N) is 1. The summed E-state index contributed by atoms with van der Waals surface area (Å²) in [6.45, 7) is 10.9. The minimum atomic E-state index is -0.163. The van der Waals surface area contributed by atoms with Gasteiger partial charge in [0.25, 0.3) is 5.88 Å². The molecule has 0 saturated heterocycles. The fourth-order valence-corrected chi connectivity index (χ4v) is 1.86. The summed E-state index contributed by atoms with van der Waals surface area (Å²) in [5.74, 6) is 1.76. The molecule has 0 aliphatic rings. The SMILES string of the molecule is C.C.C.CC(C)c1ccc(F)cc1.CCCc1cc(OCNC(C)C)no1.[Y]. The quantitative estimate of drug-likeness (QED) is 0.449. The monoisotopic (exact) mass is 473 g/mol. The molecule has 161 valence electrons. The zero-order valence-electron chi connectivity index (χ0n) is 15.9. The fraction of sp³-hybridized carbons (Fsp3) is 0.591. The van der Waals surface area contributed by atoms with Crippen LogP contribution in [0.5, 0.6) is 5.88 Å². The predicted molar refractivity (Wildman–Crippen MR) is 115 cm³/mol. The molecule has 2 rings (SSSR count). The molecule has 0 aliphatic carbocycles. The first-order valence-corrected chi connectivity index (χ1v) is 8.49. The van der Waals surface area contributed by atoms with Gasteiger partial charge < -0.3 is 9.26 Å². The number of nitrogens with zero attached hydrogens (tertiary/aromatic N) is 1. The van der Waals surface area contributed by atoms with Gasteiger partial charge in [0.15, 0.2) is 0 Å². The van der Waals surface area contributed by atoms with Crippen LogP contribution in [0.15, 0.2) is 34.9 Å². The largest absolute Gasteiger partial charge is 0.460 e. The fourth-order valence-electron chi connectivity index (χ4n) is 1.86. The van der Waals surface area contributed by atoms with Gasteiger partial charge in [0.2, 0.25) is 0 Å². The Kier molecular flexibility index (Phi) is 24.2. The van der Waals surface area contributed by atoms with Gasteiger partial charge in [-0.15, -0.1) is 0 Å². The van der Waals surface area contributed by atoms with Crippen LogP contribution < -0.4 is 10.1 Å². The summed E-state index contributed by atoms with van der Waals surface area (Å²) in [4.78, 5) is 0. The second-order valence-electron chi connectivity index (χ2n) is 6.24. The molecular formula is C22H41FN2O2Y. The number of aryl methyl sites for hydroxylation is 1. The van der Waals surface area contributed by atoms with Crippen molar-refractivity contribution in [3.8, 4) is 5.88 Å². The molecule has 1 heterocycles. The van der Waals surface area contributed by atoms with Crippen LogP contribution in [-0.4, -0.2) is 17.9 Å². The van der Waals surface area contributed by atoms with E-state index in [1.165, 1.54) is 17.7 Å². The molecule has 0 bridgehead atoms. The van der Waals surface area contributed by atoms with E-state index in [0.29, 0.717) is 24.6 Å². The number of hydrogen-bond acceptors (Lipinski definition) is 4. The third kappa shape index (κ3) is 15.2. The summed E-state index contributed by atoms with van der Waals surface area (Å²) < 4.78 is 22.7. The molecule has 0 spiro atoms. The summed E-state index contributed by atoms with van der Waals surface area (Å²) in [6, 6.07) is 8.88.